The largest absolute Gasteiger partial charge is 0.477 e. The van der Waals surface area contributed by atoms with Crippen molar-refractivity contribution in [3.05, 3.63) is 54.5 Å². The number of nitrogens with one attached hydrogen (secondary N) is 2. The predicted octanol–water partition coefficient (Wildman–Crippen LogP) is -1.20. The molecule has 4 heterocycles. The molecule has 202 valence electrons. The summed E-state index contributed by atoms with van der Waals surface area (Å²) in [4.78, 5) is 59.2. The molecule has 0 aliphatic carbocycles. The van der Waals surface area contributed by atoms with Crippen LogP contribution in [-0.2, 0) is 21.0 Å². The molecule has 4 rings (SSSR count). The van der Waals surface area contributed by atoms with Gasteiger partial charge in [0.1, 0.15) is 18.5 Å². The highest BCUT2D eigenvalue weighted by Crippen LogP contribution is 2.40. The molecular weight excluding hydrogens is 558 g/mol. The Morgan fingerprint density at radius 3 is 2.89 bits per heavy atom. The van der Waals surface area contributed by atoms with Crippen molar-refractivity contribution in [2.75, 3.05) is 31.7 Å². The second-order valence-electron chi connectivity index (χ2n) is 7.81. The molecule has 38 heavy (non-hydrogen) atoms. The van der Waals surface area contributed by atoms with Crippen molar-refractivity contribution in [3.63, 3.8) is 0 Å². The zero-order valence-corrected chi connectivity index (χ0v) is 22.3. The van der Waals surface area contributed by atoms with E-state index in [0.717, 1.165) is 27.7 Å². The van der Waals surface area contributed by atoms with Gasteiger partial charge in [-0.3, -0.25) is 19.0 Å². The number of anilines is 1. The third-order valence-electron chi connectivity index (χ3n) is 5.45. The fourth-order valence-corrected chi connectivity index (χ4v) is 6.42. The third kappa shape index (κ3) is 5.62. The Morgan fingerprint density at radius 2 is 2.24 bits per heavy atom. The second kappa shape index (κ2) is 11.8. The number of nitrogens with two attached hydrogens (primary N) is 2. The van der Waals surface area contributed by atoms with E-state index in [-0.39, 0.29) is 58.4 Å². The van der Waals surface area contributed by atoms with E-state index in [1.54, 1.807) is 21.8 Å². The number of oxime groups is 1. The number of rotatable bonds is 10. The highest BCUT2D eigenvalue weighted by molar-refractivity contribution is 8.02. The minimum Gasteiger partial charge on any atom is -0.477 e. The number of hydrogen-bond acceptors (Lipinski definition) is 14. The zero-order chi connectivity index (χ0) is 27.4. The summed E-state index contributed by atoms with van der Waals surface area (Å²) in [5.74, 6) is -1.25. The van der Waals surface area contributed by atoms with Gasteiger partial charge in [0.05, 0.1) is 11.4 Å². The van der Waals surface area contributed by atoms with Crippen LogP contribution in [0.15, 0.2) is 48.0 Å². The van der Waals surface area contributed by atoms with Gasteiger partial charge in [0.25, 0.3) is 5.91 Å². The molecule has 2 aromatic rings. The maximum Gasteiger partial charge on any atom is 0.352 e. The predicted molar refractivity (Wildman–Crippen MR) is 143 cm³/mol. The van der Waals surface area contributed by atoms with Crippen LogP contribution in [0, 0.1) is 0 Å². The number of carbonyl (C=O) groups excluding carboxylic acids is 1. The Kier molecular flexibility index (Phi) is 8.55. The average Bonchev–Trinajstić information content (AvgIpc) is 3.30. The first-order chi connectivity index (χ1) is 18.2. The van der Waals surface area contributed by atoms with E-state index in [1.807, 2.05) is 0 Å². The fourth-order valence-electron chi connectivity index (χ4n) is 3.78. The van der Waals surface area contributed by atoms with E-state index >= 15 is 0 Å². The van der Waals surface area contributed by atoms with Gasteiger partial charge in [-0.2, -0.15) is 0 Å². The number of carboxylic acid groups (broad SMARTS) is 1. The van der Waals surface area contributed by atoms with Crippen LogP contribution in [0.1, 0.15) is 5.69 Å². The van der Waals surface area contributed by atoms with E-state index in [0.29, 0.717) is 11.3 Å². The van der Waals surface area contributed by atoms with Crippen LogP contribution in [0.25, 0.3) is 0 Å². The molecule has 18 heteroatoms. The molecule has 7 N–H and O–H groups in total. The number of hydrogen-bond donors (Lipinski definition) is 5. The summed E-state index contributed by atoms with van der Waals surface area (Å²) in [6.45, 7) is 0.518. The first kappa shape index (κ1) is 27.4. The van der Waals surface area contributed by atoms with Crippen LogP contribution in [0.2, 0.25) is 0 Å². The quantitative estimate of drug-likeness (QED) is 0.0963. The van der Waals surface area contributed by atoms with Gasteiger partial charge in [-0.05, 0) is 17.1 Å². The van der Waals surface area contributed by atoms with Crippen molar-refractivity contribution in [1.29, 1.82) is 0 Å². The molecule has 2 unspecified atom stereocenters. The van der Waals surface area contributed by atoms with Gasteiger partial charge in [0, 0.05) is 30.8 Å². The van der Waals surface area contributed by atoms with Gasteiger partial charge in [-0.25, -0.2) is 14.9 Å². The molecule has 0 aromatic carbocycles. The molecule has 0 spiro atoms. The summed E-state index contributed by atoms with van der Waals surface area (Å²) < 4.78 is 1.16. The van der Waals surface area contributed by atoms with Gasteiger partial charge in [-0.1, -0.05) is 16.9 Å². The maximum absolute atomic E-state index is 12.9. The van der Waals surface area contributed by atoms with Crippen LogP contribution in [0.4, 0.5) is 5.13 Å². The minimum atomic E-state index is -1.11. The molecule has 2 aliphatic rings. The number of aromatic amines is 1. The molecule has 2 atom stereocenters. The lowest BCUT2D eigenvalue weighted by atomic mass is 10.0. The molecule has 2 aromatic heterocycles. The van der Waals surface area contributed by atoms with Crippen LogP contribution in [0.5, 0.6) is 0 Å². The first-order valence-corrected chi connectivity index (χ1v) is 13.8. The Bertz CT molecular complexity index is 1450. The molecule has 0 saturated carbocycles. The summed E-state index contributed by atoms with van der Waals surface area (Å²) in [6, 6.07) is -0.337. The normalized spacial score (nSPS) is 19.3. The highest BCUT2D eigenvalue weighted by Gasteiger charge is 2.46. The number of aliphatic carboxylic acids is 1. The van der Waals surface area contributed by atoms with Crippen molar-refractivity contribution in [2.45, 2.75) is 23.1 Å². The number of carbonyl (C=O) groups is 2. The van der Waals surface area contributed by atoms with E-state index in [2.05, 4.69) is 25.7 Å². The summed E-state index contributed by atoms with van der Waals surface area (Å²) in [5, 5.41) is 26.0. The Labute approximate surface area is 227 Å². The third-order valence-corrected chi connectivity index (χ3v) is 8.32. The van der Waals surface area contributed by atoms with Crippen LogP contribution >= 0.6 is 34.9 Å². The monoisotopic (exact) mass is 581 g/mol. The smallest absolute Gasteiger partial charge is 0.352 e. The van der Waals surface area contributed by atoms with Crippen molar-refractivity contribution in [2.24, 2.45) is 10.9 Å². The lowest BCUT2D eigenvalue weighted by molar-refractivity contribution is -0.135. The summed E-state index contributed by atoms with van der Waals surface area (Å²) >= 11 is 3.68. The van der Waals surface area contributed by atoms with Crippen molar-refractivity contribution in [1.82, 2.24) is 30.0 Å². The number of carboxylic acids is 1. The summed E-state index contributed by atoms with van der Waals surface area (Å²) in [6.07, 6.45) is 1.63. The number of thioether (sulfide) groups is 2. The molecule has 0 radical (unpaired) electrons. The average molecular weight is 582 g/mol. The topological polar surface area (TPSA) is 224 Å². The lowest BCUT2D eigenvalue weighted by Crippen LogP contribution is -2.67. The van der Waals surface area contributed by atoms with E-state index in [9.17, 15) is 24.3 Å². The molecule has 15 nitrogen and oxygen atoms in total. The number of nitrogen functional groups attached to an aromatic ring is 1. The van der Waals surface area contributed by atoms with E-state index in [1.165, 1.54) is 18.9 Å². The van der Waals surface area contributed by atoms with Gasteiger partial charge in [0.2, 0.25) is 0 Å². The van der Waals surface area contributed by atoms with Gasteiger partial charge >= 0.3 is 17.1 Å². The lowest BCUT2D eigenvalue weighted by Gasteiger charge is -2.51. The maximum atomic E-state index is 12.9. The van der Waals surface area contributed by atoms with Gasteiger partial charge < -0.3 is 31.6 Å². The zero-order valence-electron chi connectivity index (χ0n) is 19.8. The second-order valence-corrected chi connectivity index (χ2v) is 10.7. The molecule has 1 saturated heterocycles. The minimum absolute atomic E-state index is 0.0293. The standard InChI is InChI=1S/C20H23N9O6S3/c1-35-27-12(11-8-38-19(22)24-11)14(30)23-10-6-29-13(18(33)34)9(7-37-17(10)29)2-5-36-20-26-25-15(31)16(32)28(20)4-3-21/h2,5,8,10,17H,3-4,6-7,21H2,1H3,(H2,22,24)(H,23,30)(H,25,31)(H,33,34). The number of fused-ring (bicyclic) bond motifs is 1. The number of amides is 1. The summed E-state index contributed by atoms with van der Waals surface area (Å²) in [5.41, 5.74) is 10.5. The number of aromatic nitrogens is 4. The molecule has 0 bridgehead atoms. The molecule has 1 amide bonds. The SMILES string of the molecule is CON=C(C(=O)NC1CN2C(C(=O)O)=C(C=CSc3n[nH]c(=O)c(=O)n3CCN)CSC12)c1csc(N)n1. The molecule has 1 fully saturated rings. The van der Waals surface area contributed by atoms with Crippen LogP contribution in [0.3, 0.4) is 0 Å². The van der Waals surface area contributed by atoms with Gasteiger partial charge in [0.15, 0.2) is 16.0 Å². The van der Waals surface area contributed by atoms with Crippen molar-refractivity contribution >= 4 is 57.6 Å². The fraction of sp³-hybridized carbons (Fsp3) is 0.350. The number of allylic oxidation sites excluding steroid dienone is 1. The first-order valence-electron chi connectivity index (χ1n) is 11.0. The Morgan fingerprint density at radius 1 is 1.45 bits per heavy atom. The van der Waals surface area contributed by atoms with Gasteiger partial charge in [-0.15, -0.1) is 28.2 Å². The number of thiazole rings is 1. The molecule has 2 aliphatic heterocycles. The van der Waals surface area contributed by atoms with E-state index in [4.69, 9.17) is 16.3 Å². The Hall–Kier alpha value is -3.61. The van der Waals surface area contributed by atoms with Crippen LogP contribution < -0.4 is 27.9 Å². The summed E-state index contributed by atoms with van der Waals surface area (Å²) in [7, 11) is 1.31. The van der Waals surface area contributed by atoms with Crippen molar-refractivity contribution in [3.8, 4) is 0 Å². The highest BCUT2D eigenvalue weighted by atomic mass is 32.2. The molecular formula is C20H23N9O6S3. The number of H-pyrrole nitrogens is 1. The van der Waals surface area contributed by atoms with E-state index < -0.39 is 23.0 Å². The van der Waals surface area contributed by atoms with Crippen molar-refractivity contribution < 1.29 is 19.5 Å². The van der Waals surface area contributed by atoms with Crippen LogP contribution in [-0.4, -0.2) is 84.7 Å². The number of nitrogens with zero attached hydrogens (tertiary/aromatic N) is 5. The Balaban J connectivity index is 1.47.